The summed E-state index contributed by atoms with van der Waals surface area (Å²) in [5, 5.41) is 1.78. The first-order valence-electron chi connectivity index (χ1n) is 9.98. The van der Waals surface area contributed by atoms with Crippen molar-refractivity contribution < 1.29 is 0 Å². The summed E-state index contributed by atoms with van der Waals surface area (Å²) in [6.07, 6.45) is 4.50. The van der Waals surface area contributed by atoms with Crippen LogP contribution in [0.4, 0.5) is 5.69 Å². The third-order valence-corrected chi connectivity index (χ3v) is 6.99. The highest BCUT2D eigenvalue weighted by atomic mass is 32.2. The van der Waals surface area contributed by atoms with Gasteiger partial charge in [-0.05, 0) is 49.1 Å². The summed E-state index contributed by atoms with van der Waals surface area (Å²) < 4.78 is 0. The average molecular weight is 379 g/mol. The predicted molar refractivity (Wildman–Crippen MR) is 114 cm³/mol. The van der Waals surface area contributed by atoms with Crippen molar-refractivity contribution in [1.82, 2.24) is 9.88 Å². The molecule has 1 aromatic heterocycles. The van der Waals surface area contributed by atoms with E-state index in [4.69, 9.17) is 4.99 Å². The Kier molecular flexibility index (Phi) is 4.35. The Hall–Kier alpha value is -2.01. The first-order chi connectivity index (χ1) is 13.2. The lowest BCUT2D eigenvalue weighted by molar-refractivity contribution is 0.321. The Labute approximate surface area is 165 Å². The molecule has 140 valence electrons. The van der Waals surface area contributed by atoms with Crippen LogP contribution in [0.3, 0.4) is 0 Å². The lowest BCUT2D eigenvalue weighted by Crippen LogP contribution is -2.28. The van der Waals surface area contributed by atoms with Gasteiger partial charge in [0.25, 0.3) is 0 Å². The zero-order chi connectivity index (χ0) is 18.4. The molecule has 5 heteroatoms. The molecule has 0 bridgehead atoms. The van der Waals surface area contributed by atoms with Gasteiger partial charge < -0.3 is 9.80 Å². The van der Waals surface area contributed by atoms with E-state index in [0.717, 1.165) is 12.2 Å². The Morgan fingerprint density at radius 3 is 2.70 bits per heavy atom. The zero-order valence-electron chi connectivity index (χ0n) is 16.0. The quantitative estimate of drug-likeness (QED) is 0.782. The van der Waals surface area contributed by atoms with Crippen molar-refractivity contribution >= 4 is 22.6 Å². The molecule has 3 aliphatic heterocycles. The number of aliphatic imine (C=N–C) groups is 1. The van der Waals surface area contributed by atoms with Gasteiger partial charge in [0, 0.05) is 36.8 Å². The fourth-order valence-corrected chi connectivity index (χ4v) is 5.75. The minimum Gasteiger partial charge on any atom is -0.371 e. The predicted octanol–water partition coefficient (Wildman–Crippen LogP) is 4.58. The first-order valence-corrected chi connectivity index (χ1v) is 10.9. The summed E-state index contributed by atoms with van der Waals surface area (Å²) in [6, 6.07) is 13.5. The molecule has 0 unspecified atom stereocenters. The van der Waals surface area contributed by atoms with E-state index in [2.05, 4.69) is 59.0 Å². The topological polar surface area (TPSA) is 31.7 Å². The molecule has 0 amide bonds. The van der Waals surface area contributed by atoms with Gasteiger partial charge in [-0.2, -0.15) is 0 Å². The lowest BCUT2D eigenvalue weighted by atomic mass is 9.94. The van der Waals surface area contributed by atoms with Crippen LogP contribution in [0.15, 0.2) is 47.6 Å². The summed E-state index contributed by atoms with van der Waals surface area (Å²) >= 11 is 1.90. The number of rotatable bonds is 3. The highest BCUT2D eigenvalue weighted by Gasteiger charge is 2.43. The highest BCUT2D eigenvalue weighted by Crippen LogP contribution is 2.48. The van der Waals surface area contributed by atoms with E-state index >= 15 is 0 Å². The molecule has 3 atom stereocenters. The SMILES string of the molecule is Cc1cc([C@@H]2[C@H](c3ccccn3)N=C3S[C@H](C)CN32)ccc1N1CCCC1. The fourth-order valence-electron chi connectivity index (χ4n) is 4.65. The number of hydrogen-bond acceptors (Lipinski definition) is 5. The number of fused-ring (bicyclic) bond motifs is 1. The van der Waals surface area contributed by atoms with Gasteiger partial charge in [-0.25, -0.2) is 0 Å². The van der Waals surface area contributed by atoms with Crippen LogP contribution in [0.25, 0.3) is 0 Å². The normalized spacial score (nSPS) is 27.2. The van der Waals surface area contributed by atoms with Gasteiger partial charge in [-0.1, -0.05) is 36.9 Å². The van der Waals surface area contributed by atoms with Gasteiger partial charge in [-0.3, -0.25) is 9.98 Å². The van der Waals surface area contributed by atoms with E-state index in [1.807, 2.05) is 24.0 Å². The average Bonchev–Trinajstić information content (AvgIpc) is 3.38. The van der Waals surface area contributed by atoms with Crippen molar-refractivity contribution in [3.63, 3.8) is 0 Å². The first kappa shape index (κ1) is 17.1. The zero-order valence-corrected chi connectivity index (χ0v) is 16.8. The van der Waals surface area contributed by atoms with Crippen LogP contribution in [0.5, 0.6) is 0 Å². The van der Waals surface area contributed by atoms with E-state index in [-0.39, 0.29) is 12.1 Å². The third kappa shape index (κ3) is 3.02. The van der Waals surface area contributed by atoms with Crippen LogP contribution in [-0.4, -0.2) is 39.9 Å². The maximum atomic E-state index is 5.09. The molecule has 0 spiro atoms. The molecular weight excluding hydrogens is 352 g/mol. The van der Waals surface area contributed by atoms with E-state index in [1.54, 1.807) is 0 Å². The number of aryl methyl sites for hydroxylation is 1. The van der Waals surface area contributed by atoms with E-state index < -0.39 is 0 Å². The number of anilines is 1. The molecule has 1 aromatic carbocycles. The summed E-state index contributed by atoms with van der Waals surface area (Å²) in [6.45, 7) is 7.98. The molecular formula is C22H26N4S. The number of nitrogens with zero attached hydrogens (tertiary/aromatic N) is 4. The second-order valence-electron chi connectivity index (χ2n) is 7.88. The maximum absolute atomic E-state index is 5.09. The maximum Gasteiger partial charge on any atom is 0.160 e. The monoisotopic (exact) mass is 378 g/mol. The molecule has 0 aliphatic carbocycles. The number of aromatic nitrogens is 1. The molecule has 2 aromatic rings. The Morgan fingerprint density at radius 1 is 1.11 bits per heavy atom. The van der Waals surface area contributed by atoms with Crippen LogP contribution < -0.4 is 4.90 Å². The highest BCUT2D eigenvalue weighted by molar-refractivity contribution is 8.14. The van der Waals surface area contributed by atoms with Crippen LogP contribution in [-0.2, 0) is 0 Å². The molecule has 0 N–H and O–H groups in total. The molecule has 0 saturated carbocycles. The number of hydrogen-bond donors (Lipinski definition) is 0. The van der Waals surface area contributed by atoms with Crippen molar-refractivity contribution in [2.75, 3.05) is 24.5 Å². The van der Waals surface area contributed by atoms with Gasteiger partial charge >= 0.3 is 0 Å². The molecule has 0 radical (unpaired) electrons. The smallest absolute Gasteiger partial charge is 0.160 e. The van der Waals surface area contributed by atoms with E-state index in [0.29, 0.717) is 5.25 Å². The Balaban J connectivity index is 1.52. The van der Waals surface area contributed by atoms with Crippen molar-refractivity contribution in [3.8, 4) is 0 Å². The Bertz CT molecular complexity index is 860. The molecule has 4 heterocycles. The standard InChI is InChI=1S/C22H26N4S/c1-15-13-17(8-9-19(15)25-11-5-6-12-25)21-20(18-7-3-4-10-23-18)24-22-26(21)14-16(2)27-22/h3-4,7-10,13,16,20-21H,5-6,11-12,14H2,1-2H3/t16-,20+,21-/m1/s1. The molecule has 27 heavy (non-hydrogen) atoms. The van der Waals surface area contributed by atoms with Gasteiger partial charge in [0.2, 0.25) is 0 Å². The third-order valence-electron chi connectivity index (χ3n) is 5.89. The molecule has 3 aliphatic rings. The molecule has 2 fully saturated rings. The minimum absolute atomic E-state index is 0.0817. The van der Waals surface area contributed by atoms with Gasteiger partial charge in [-0.15, -0.1) is 0 Å². The van der Waals surface area contributed by atoms with Crippen molar-refractivity contribution in [1.29, 1.82) is 0 Å². The van der Waals surface area contributed by atoms with Crippen LogP contribution >= 0.6 is 11.8 Å². The number of thioether (sulfide) groups is 1. The molecule has 2 saturated heterocycles. The van der Waals surface area contributed by atoms with Crippen LogP contribution in [0.2, 0.25) is 0 Å². The summed E-state index contributed by atoms with van der Waals surface area (Å²) in [7, 11) is 0. The number of pyridine rings is 1. The summed E-state index contributed by atoms with van der Waals surface area (Å²) in [5.41, 5.74) is 5.20. The second-order valence-corrected chi connectivity index (χ2v) is 9.28. The van der Waals surface area contributed by atoms with E-state index in [9.17, 15) is 0 Å². The van der Waals surface area contributed by atoms with Gasteiger partial charge in [0.1, 0.15) is 6.04 Å². The van der Waals surface area contributed by atoms with E-state index in [1.165, 1.54) is 47.9 Å². The molecule has 5 rings (SSSR count). The van der Waals surface area contributed by atoms with Crippen LogP contribution in [0.1, 0.15) is 48.7 Å². The minimum atomic E-state index is 0.0817. The largest absolute Gasteiger partial charge is 0.371 e. The Morgan fingerprint density at radius 2 is 1.96 bits per heavy atom. The van der Waals surface area contributed by atoms with Crippen molar-refractivity contribution in [2.45, 2.75) is 44.0 Å². The van der Waals surface area contributed by atoms with Gasteiger partial charge in [0.15, 0.2) is 5.17 Å². The van der Waals surface area contributed by atoms with Gasteiger partial charge in [0.05, 0.1) is 11.7 Å². The van der Waals surface area contributed by atoms with Crippen molar-refractivity contribution in [2.24, 2.45) is 4.99 Å². The second kappa shape index (κ2) is 6.86. The summed E-state index contributed by atoms with van der Waals surface area (Å²) in [4.78, 5) is 14.8. The lowest BCUT2D eigenvalue weighted by Gasteiger charge is -2.29. The number of benzene rings is 1. The molecule has 4 nitrogen and oxygen atoms in total. The fraction of sp³-hybridized carbons (Fsp3) is 0.455. The number of amidine groups is 1. The van der Waals surface area contributed by atoms with Crippen molar-refractivity contribution in [3.05, 3.63) is 59.4 Å². The summed E-state index contributed by atoms with van der Waals surface area (Å²) in [5.74, 6) is 0. The van der Waals surface area contributed by atoms with Crippen LogP contribution in [0, 0.1) is 6.92 Å².